The summed E-state index contributed by atoms with van der Waals surface area (Å²) in [6, 6.07) is 10.2. The Morgan fingerprint density at radius 3 is 2.47 bits per heavy atom. The smallest absolute Gasteiger partial charge is 0.0706 e. The maximum Gasteiger partial charge on any atom is 0.0706 e. The lowest BCUT2D eigenvalue weighted by Gasteiger charge is -2.20. The van der Waals surface area contributed by atoms with Crippen molar-refractivity contribution in [2.45, 2.75) is 32.7 Å². The molecule has 2 rings (SSSR count). The summed E-state index contributed by atoms with van der Waals surface area (Å²) in [5, 5.41) is 3.48. The fourth-order valence-electron chi connectivity index (χ4n) is 1.87. The van der Waals surface area contributed by atoms with Crippen molar-refractivity contribution in [3.8, 4) is 11.3 Å². The molecule has 0 unspecified atom stereocenters. The van der Waals surface area contributed by atoms with E-state index in [2.05, 4.69) is 43.2 Å². The van der Waals surface area contributed by atoms with Crippen LogP contribution in [0.4, 0.5) is 0 Å². The molecule has 3 heteroatoms. The van der Waals surface area contributed by atoms with Crippen LogP contribution >= 0.6 is 0 Å². The molecule has 0 spiro atoms. The van der Waals surface area contributed by atoms with Gasteiger partial charge in [-0.15, -0.1) is 0 Å². The van der Waals surface area contributed by atoms with Crippen molar-refractivity contribution in [1.82, 2.24) is 15.3 Å². The van der Waals surface area contributed by atoms with Gasteiger partial charge in [0.25, 0.3) is 0 Å². The Balaban J connectivity index is 2.04. The molecule has 0 fully saturated rings. The van der Waals surface area contributed by atoms with Crippen molar-refractivity contribution >= 4 is 0 Å². The van der Waals surface area contributed by atoms with Gasteiger partial charge in [0.1, 0.15) is 0 Å². The van der Waals surface area contributed by atoms with Gasteiger partial charge in [0, 0.05) is 42.2 Å². The SMILES string of the molecule is CC(C)(C)NCCc1cccc(-c2ccncc2)n1. The molecule has 2 aromatic heterocycles. The van der Waals surface area contributed by atoms with Crippen molar-refractivity contribution in [2.24, 2.45) is 0 Å². The molecule has 0 aromatic carbocycles. The average Bonchev–Trinajstić information content (AvgIpc) is 2.39. The van der Waals surface area contributed by atoms with Crippen LogP contribution in [0.1, 0.15) is 26.5 Å². The van der Waals surface area contributed by atoms with E-state index < -0.39 is 0 Å². The van der Waals surface area contributed by atoms with Crippen LogP contribution in [0.25, 0.3) is 11.3 Å². The summed E-state index contributed by atoms with van der Waals surface area (Å²) < 4.78 is 0. The molecular formula is C16H21N3. The van der Waals surface area contributed by atoms with E-state index in [0.29, 0.717) is 0 Å². The third-order valence-corrected chi connectivity index (χ3v) is 2.82. The molecule has 100 valence electrons. The summed E-state index contributed by atoms with van der Waals surface area (Å²) in [6.07, 6.45) is 4.53. The van der Waals surface area contributed by atoms with Gasteiger partial charge >= 0.3 is 0 Å². The minimum Gasteiger partial charge on any atom is -0.312 e. The number of aromatic nitrogens is 2. The lowest BCUT2D eigenvalue weighted by molar-refractivity contribution is 0.428. The van der Waals surface area contributed by atoms with Gasteiger partial charge in [-0.25, -0.2) is 0 Å². The van der Waals surface area contributed by atoms with Crippen LogP contribution in [0, 0.1) is 0 Å². The van der Waals surface area contributed by atoms with E-state index in [1.807, 2.05) is 18.2 Å². The van der Waals surface area contributed by atoms with Gasteiger partial charge in [0.2, 0.25) is 0 Å². The fraction of sp³-hybridized carbons (Fsp3) is 0.375. The largest absolute Gasteiger partial charge is 0.312 e. The first-order valence-electron chi connectivity index (χ1n) is 6.66. The highest BCUT2D eigenvalue weighted by atomic mass is 14.9. The van der Waals surface area contributed by atoms with E-state index in [9.17, 15) is 0 Å². The van der Waals surface area contributed by atoms with Crippen LogP contribution in [0.3, 0.4) is 0 Å². The molecule has 0 amide bonds. The predicted octanol–water partition coefficient (Wildman–Crippen LogP) is 3.07. The molecular weight excluding hydrogens is 234 g/mol. The summed E-state index contributed by atoms with van der Waals surface area (Å²) in [5.41, 5.74) is 3.39. The maximum absolute atomic E-state index is 4.69. The number of nitrogens with zero attached hydrogens (tertiary/aromatic N) is 2. The molecule has 0 saturated heterocycles. The molecule has 0 radical (unpaired) electrons. The number of pyridine rings is 2. The molecule has 1 N–H and O–H groups in total. The monoisotopic (exact) mass is 255 g/mol. The van der Waals surface area contributed by atoms with Gasteiger partial charge in [-0.2, -0.15) is 0 Å². The molecule has 2 heterocycles. The highest BCUT2D eigenvalue weighted by molar-refractivity contribution is 5.58. The molecule has 3 nitrogen and oxygen atoms in total. The van der Waals surface area contributed by atoms with Crippen LogP contribution < -0.4 is 5.32 Å². The molecule has 0 atom stereocenters. The Kier molecular flexibility index (Phi) is 4.27. The van der Waals surface area contributed by atoms with Crippen molar-refractivity contribution in [3.63, 3.8) is 0 Å². The number of rotatable bonds is 4. The summed E-state index contributed by atoms with van der Waals surface area (Å²) in [5.74, 6) is 0. The number of hydrogen-bond donors (Lipinski definition) is 1. The Labute approximate surface area is 115 Å². The van der Waals surface area contributed by atoms with Gasteiger partial charge in [-0.1, -0.05) is 6.07 Å². The summed E-state index contributed by atoms with van der Waals surface area (Å²) >= 11 is 0. The van der Waals surface area contributed by atoms with E-state index in [0.717, 1.165) is 29.9 Å². The predicted molar refractivity (Wildman–Crippen MR) is 78.9 cm³/mol. The zero-order valence-electron chi connectivity index (χ0n) is 11.9. The molecule has 2 aromatic rings. The van der Waals surface area contributed by atoms with Crippen LogP contribution in [-0.4, -0.2) is 22.1 Å². The highest BCUT2D eigenvalue weighted by Crippen LogP contribution is 2.15. The van der Waals surface area contributed by atoms with Crippen LogP contribution in [0.15, 0.2) is 42.7 Å². The first kappa shape index (κ1) is 13.7. The van der Waals surface area contributed by atoms with E-state index in [1.54, 1.807) is 12.4 Å². The summed E-state index contributed by atoms with van der Waals surface area (Å²) in [6.45, 7) is 7.46. The first-order chi connectivity index (χ1) is 9.04. The normalized spacial score (nSPS) is 11.5. The Bertz CT molecular complexity index is 515. The zero-order chi connectivity index (χ0) is 13.7. The summed E-state index contributed by atoms with van der Waals surface area (Å²) in [7, 11) is 0. The lowest BCUT2D eigenvalue weighted by Crippen LogP contribution is -2.37. The number of nitrogens with one attached hydrogen (secondary N) is 1. The Hall–Kier alpha value is -1.74. The Morgan fingerprint density at radius 1 is 1.05 bits per heavy atom. The molecule has 0 saturated carbocycles. The van der Waals surface area contributed by atoms with Gasteiger partial charge in [-0.05, 0) is 45.0 Å². The minimum absolute atomic E-state index is 0.155. The quantitative estimate of drug-likeness (QED) is 0.912. The topological polar surface area (TPSA) is 37.8 Å². The van der Waals surface area contributed by atoms with E-state index >= 15 is 0 Å². The first-order valence-corrected chi connectivity index (χ1v) is 6.66. The fourth-order valence-corrected chi connectivity index (χ4v) is 1.87. The zero-order valence-corrected chi connectivity index (χ0v) is 11.9. The third kappa shape index (κ3) is 4.45. The third-order valence-electron chi connectivity index (χ3n) is 2.82. The second-order valence-corrected chi connectivity index (χ2v) is 5.68. The molecule has 0 aliphatic carbocycles. The van der Waals surface area contributed by atoms with E-state index in [4.69, 9.17) is 4.98 Å². The van der Waals surface area contributed by atoms with E-state index in [-0.39, 0.29) is 5.54 Å². The molecule has 0 bridgehead atoms. The lowest BCUT2D eigenvalue weighted by atomic mass is 10.1. The van der Waals surface area contributed by atoms with Gasteiger partial charge in [-0.3, -0.25) is 9.97 Å². The van der Waals surface area contributed by atoms with Crippen LogP contribution in [-0.2, 0) is 6.42 Å². The molecule has 0 aliphatic heterocycles. The maximum atomic E-state index is 4.69. The van der Waals surface area contributed by atoms with Crippen LogP contribution in [0.2, 0.25) is 0 Å². The van der Waals surface area contributed by atoms with Crippen molar-refractivity contribution < 1.29 is 0 Å². The number of hydrogen-bond acceptors (Lipinski definition) is 3. The highest BCUT2D eigenvalue weighted by Gasteiger charge is 2.08. The average molecular weight is 255 g/mol. The van der Waals surface area contributed by atoms with Gasteiger partial charge in [0.15, 0.2) is 0 Å². The van der Waals surface area contributed by atoms with Gasteiger partial charge in [0.05, 0.1) is 5.69 Å². The second kappa shape index (κ2) is 5.93. The van der Waals surface area contributed by atoms with E-state index in [1.165, 1.54) is 0 Å². The molecule has 19 heavy (non-hydrogen) atoms. The molecule has 0 aliphatic rings. The van der Waals surface area contributed by atoms with Gasteiger partial charge < -0.3 is 5.32 Å². The Morgan fingerprint density at radius 2 is 1.79 bits per heavy atom. The van der Waals surface area contributed by atoms with Crippen molar-refractivity contribution in [1.29, 1.82) is 0 Å². The standard InChI is InChI=1S/C16H21N3/c1-16(2,3)18-12-9-14-5-4-6-15(19-14)13-7-10-17-11-8-13/h4-8,10-11,18H,9,12H2,1-3H3. The van der Waals surface area contributed by atoms with Crippen LogP contribution in [0.5, 0.6) is 0 Å². The second-order valence-electron chi connectivity index (χ2n) is 5.68. The van der Waals surface area contributed by atoms with Crippen molar-refractivity contribution in [2.75, 3.05) is 6.54 Å². The summed E-state index contributed by atoms with van der Waals surface area (Å²) in [4.78, 5) is 8.73. The van der Waals surface area contributed by atoms with Crippen molar-refractivity contribution in [3.05, 3.63) is 48.4 Å². The minimum atomic E-state index is 0.155.